The molecule has 2 aromatic carbocycles. The normalized spacial score (nSPS) is 13.4. The van der Waals surface area contributed by atoms with Gasteiger partial charge < -0.3 is 36.0 Å². The predicted octanol–water partition coefficient (Wildman–Crippen LogP) is 3.03. The third kappa shape index (κ3) is 12.0. The molecule has 0 radical (unpaired) electrons. The molecule has 7 N–H and O–H groups in total. The number of hydrogen-bond donors (Lipinski definition) is 6. The number of aliphatic hydroxyl groups excluding tert-OH is 2. The van der Waals surface area contributed by atoms with Gasteiger partial charge in [0.25, 0.3) is 0 Å². The van der Waals surface area contributed by atoms with E-state index in [4.69, 9.17) is 5.73 Å². The SMILES string of the molecule is CC(C)(C)[C@H](c1cc(-c2cc(F)ccc2F)cn1Cc1ccccc1)N(CC[C@H](N)C(=O)NCCCNC(=O)CNC(O)CBr)C(=O)CO. The number of nitrogens with two attached hydrogens (primary N) is 1. The van der Waals surface area contributed by atoms with E-state index >= 15 is 0 Å². The van der Waals surface area contributed by atoms with Crippen LogP contribution in [0, 0.1) is 17.0 Å². The molecule has 0 saturated carbocycles. The molecule has 3 atom stereocenters. The van der Waals surface area contributed by atoms with Crippen molar-refractivity contribution in [2.45, 2.75) is 58.5 Å². The second-order valence-electron chi connectivity index (χ2n) is 12.8. The van der Waals surface area contributed by atoms with Crippen molar-refractivity contribution in [2.24, 2.45) is 11.1 Å². The molecule has 0 spiro atoms. The first-order valence-corrected chi connectivity index (χ1v) is 17.2. The number of rotatable bonds is 18. The van der Waals surface area contributed by atoms with Crippen LogP contribution >= 0.6 is 15.9 Å². The largest absolute Gasteiger partial charge is 0.387 e. The molecule has 0 aliphatic carbocycles. The highest BCUT2D eigenvalue weighted by atomic mass is 79.9. The lowest BCUT2D eigenvalue weighted by Gasteiger charge is -2.41. The predicted molar refractivity (Wildman–Crippen MR) is 187 cm³/mol. The summed E-state index contributed by atoms with van der Waals surface area (Å²) in [7, 11) is 0. The quantitative estimate of drug-likeness (QED) is 0.0663. The minimum Gasteiger partial charge on any atom is -0.387 e. The van der Waals surface area contributed by atoms with Crippen LogP contribution in [0.2, 0.25) is 0 Å². The summed E-state index contributed by atoms with van der Waals surface area (Å²) < 4.78 is 31.1. The van der Waals surface area contributed by atoms with E-state index in [1.807, 2.05) is 55.7 Å². The fourth-order valence-electron chi connectivity index (χ4n) is 5.50. The molecule has 3 rings (SSSR count). The van der Waals surface area contributed by atoms with Crippen LogP contribution in [0.3, 0.4) is 0 Å². The maximum absolute atomic E-state index is 15.0. The van der Waals surface area contributed by atoms with Crippen LogP contribution < -0.4 is 21.7 Å². The highest BCUT2D eigenvalue weighted by Crippen LogP contribution is 2.41. The minimum absolute atomic E-state index is 0.0272. The summed E-state index contributed by atoms with van der Waals surface area (Å²) in [5, 5.41) is 27.8. The van der Waals surface area contributed by atoms with Crippen LogP contribution in [0.15, 0.2) is 60.8 Å². The molecule has 3 amide bonds. The molecule has 0 fully saturated rings. The van der Waals surface area contributed by atoms with Crippen molar-refractivity contribution >= 4 is 33.7 Å². The second kappa shape index (κ2) is 18.9. The zero-order chi connectivity index (χ0) is 36.1. The van der Waals surface area contributed by atoms with Gasteiger partial charge in [0.1, 0.15) is 24.5 Å². The standard InChI is InChI=1S/C35H47BrF2N6O5/c1-35(2,3)33(29-16-24(26-17-25(37)10-11-27(26)38)21-43(29)20-23-8-5-4-6-9-23)44(32(48)22-45)15-12-28(39)34(49)41-14-7-13-40-31(47)19-42-30(46)18-36/h4-6,8-11,16-17,21,28,30,33,42,45-46H,7,12-15,18-20,22,39H2,1-3H3,(H,40,47)(H,41,49)/t28-,30?,33-/m0/s1. The fraction of sp³-hybridized carbons (Fsp3) is 0.457. The summed E-state index contributed by atoms with van der Waals surface area (Å²) in [6, 6.07) is 12.9. The molecule has 0 aliphatic rings. The Bertz CT molecular complexity index is 1530. The first-order valence-electron chi connectivity index (χ1n) is 16.1. The van der Waals surface area contributed by atoms with E-state index < -0.39 is 53.8 Å². The number of alkyl halides is 1. The van der Waals surface area contributed by atoms with Crippen molar-refractivity contribution in [2.75, 3.05) is 38.1 Å². The van der Waals surface area contributed by atoms with Gasteiger partial charge in [0.05, 0.1) is 18.6 Å². The summed E-state index contributed by atoms with van der Waals surface area (Å²) >= 11 is 3.10. The second-order valence-corrected chi connectivity index (χ2v) is 13.5. The highest BCUT2D eigenvalue weighted by molar-refractivity contribution is 9.09. The Morgan fingerprint density at radius 2 is 1.73 bits per heavy atom. The zero-order valence-electron chi connectivity index (χ0n) is 28.1. The van der Waals surface area contributed by atoms with E-state index in [0.717, 1.165) is 23.8 Å². The molecule has 1 heterocycles. The van der Waals surface area contributed by atoms with Gasteiger partial charge in [0.15, 0.2) is 0 Å². The summed E-state index contributed by atoms with van der Waals surface area (Å²) in [5.41, 5.74) is 7.70. The summed E-state index contributed by atoms with van der Waals surface area (Å²) in [5.74, 6) is -2.50. The topological polar surface area (TPSA) is 162 Å². The molecule has 3 aromatic rings. The molecule has 0 saturated heterocycles. The van der Waals surface area contributed by atoms with E-state index in [9.17, 15) is 33.4 Å². The van der Waals surface area contributed by atoms with Crippen LogP contribution in [0.5, 0.6) is 0 Å². The maximum atomic E-state index is 15.0. The number of halogens is 3. The third-order valence-electron chi connectivity index (χ3n) is 7.87. The third-order valence-corrected chi connectivity index (χ3v) is 8.48. The van der Waals surface area contributed by atoms with E-state index in [1.54, 1.807) is 12.3 Å². The molecule has 1 aromatic heterocycles. The van der Waals surface area contributed by atoms with E-state index in [0.29, 0.717) is 30.8 Å². The molecular weight excluding hydrogens is 702 g/mol. The van der Waals surface area contributed by atoms with Gasteiger partial charge in [0, 0.05) is 54.5 Å². The zero-order valence-corrected chi connectivity index (χ0v) is 29.7. The van der Waals surface area contributed by atoms with Crippen molar-refractivity contribution in [1.82, 2.24) is 25.4 Å². The maximum Gasteiger partial charge on any atom is 0.248 e. The van der Waals surface area contributed by atoms with Gasteiger partial charge in [-0.15, -0.1) is 0 Å². The Morgan fingerprint density at radius 3 is 2.39 bits per heavy atom. The number of nitrogens with one attached hydrogen (secondary N) is 3. The van der Waals surface area contributed by atoms with Crippen LogP contribution in [-0.4, -0.2) is 87.8 Å². The van der Waals surface area contributed by atoms with Gasteiger partial charge in [-0.05, 0) is 48.1 Å². The fourth-order valence-corrected chi connectivity index (χ4v) is 5.73. The average molecular weight is 750 g/mol. The van der Waals surface area contributed by atoms with E-state index in [-0.39, 0.29) is 42.9 Å². The number of carbonyl (C=O) groups is 3. The number of benzene rings is 2. The monoisotopic (exact) mass is 748 g/mol. The number of amides is 3. The Hall–Kier alpha value is -3.69. The average Bonchev–Trinajstić information content (AvgIpc) is 3.47. The van der Waals surface area contributed by atoms with Crippen molar-refractivity contribution in [1.29, 1.82) is 0 Å². The van der Waals surface area contributed by atoms with Crippen molar-refractivity contribution in [3.05, 3.63) is 83.7 Å². The Morgan fingerprint density at radius 1 is 1.04 bits per heavy atom. The van der Waals surface area contributed by atoms with Crippen LogP contribution in [0.1, 0.15) is 50.9 Å². The Balaban J connectivity index is 1.79. The van der Waals surface area contributed by atoms with Gasteiger partial charge in [-0.1, -0.05) is 67.0 Å². The van der Waals surface area contributed by atoms with Crippen LogP contribution in [-0.2, 0) is 20.9 Å². The Labute approximate surface area is 294 Å². The number of aliphatic hydroxyl groups is 2. The van der Waals surface area contributed by atoms with Gasteiger partial charge >= 0.3 is 0 Å². The molecule has 268 valence electrons. The van der Waals surface area contributed by atoms with E-state index in [1.165, 1.54) is 4.90 Å². The molecule has 0 bridgehead atoms. The first-order chi connectivity index (χ1) is 23.2. The molecule has 11 nitrogen and oxygen atoms in total. The minimum atomic E-state index is -0.979. The van der Waals surface area contributed by atoms with Gasteiger partial charge in [0.2, 0.25) is 17.7 Å². The number of aromatic nitrogens is 1. The summed E-state index contributed by atoms with van der Waals surface area (Å²) in [4.78, 5) is 39.5. The smallest absolute Gasteiger partial charge is 0.248 e. The lowest BCUT2D eigenvalue weighted by Crippen LogP contribution is -2.47. The van der Waals surface area contributed by atoms with Crippen LogP contribution in [0.4, 0.5) is 8.78 Å². The Kier molecular flexibility index (Phi) is 15.3. The molecule has 49 heavy (non-hydrogen) atoms. The van der Waals surface area contributed by atoms with Crippen LogP contribution in [0.25, 0.3) is 11.1 Å². The lowest BCUT2D eigenvalue weighted by molar-refractivity contribution is -0.140. The highest BCUT2D eigenvalue weighted by Gasteiger charge is 2.37. The van der Waals surface area contributed by atoms with Crippen molar-refractivity contribution in [3.63, 3.8) is 0 Å². The first kappa shape index (κ1) is 39.7. The van der Waals surface area contributed by atoms with Crippen molar-refractivity contribution in [3.8, 4) is 11.1 Å². The molecule has 0 aliphatic heterocycles. The van der Waals surface area contributed by atoms with Crippen molar-refractivity contribution < 1.29 is 33.4 Å². The number of carbonyl (C=O) groups excluding carboxylic acids is 3. The summed E-state index contributed by atoms with van der Waals surface area (Å²) in [6.45, 7) is 5.92. The number of nitrogens with zero attached hydrogens (tertiary/aromatic N) is 2. The number of hydrogen-bond acceptors (Lipinski definition) is 7. The molecule has 1 unspecified atom stereocenters. The summed E-state index contributed by atoms with van der Waals surface area (Å²) in [6.07, 6.45) is 1.41. The van der Waals surface area contributed by atoms with Gasteiger partial charge in [-0.3, -0.25) is 19.7 Å². The van der Waals surface area contributed by atoms with Gasteiger partial charge in [-0.2, -0.15) is 0 Å². The van der Waals surface area contributed by atoms with Gasteiger partial charge in [-0.25, -0.2) is 8.78 Å². The molecule has 14 heteroatoms. The molecular formula is C35H47BrF2N6O5. The van der Waals surface area contributed by atoms with E-state index in [2.05, 4.69) is 31.9 Å². The lowest BCUT2D eigenvalue weighted by atomic mass is 9.82.